The summed E-state index contributed by atoms with van der Waals surface area (Å²) in [5, 5.41) is 6.87. The summed E-state index contributed by atoms with van der Waals surface area (Å²) in [5.41, 5.74) is 2.57. The monoisotopic (exact) mass is 346 g/mol. The molecule has 2 atom stereocenters. The van der Waals surface area contributed by atoms with E-state index in [9.17, 15) is 0 Å². The Kier molecular flexibility index (Phi) is 6.85. The van der Waals surface area contributed by atoms with E-state index in [4.69, 9.17) is 4.74 Å². The van der Waals surface area contributed by atoms with Crippen molar-refractivity contribution in [3.8, 4) is 0 Å². The van der Waals surface area contributed by atoms with Crippen LogP contribution in [-0.2, 0) is 11.3 Å². The fourth-order valence-corrected chi connectivity index (χ4v) is 3.20. The van der Waals surface area contributed by atoms with Crippen molar-refractivity contribution in [1.82, 2.24) is 15.5 Å². The smallest absolute Gasteiger partial charge is 0.191 e. The molecule has 140 valence electrons. The molecule has 2 unspecified atom stereocenters. The number of nitrogens with zero attached hydrogens (tertiary/aromatic N) is 2. The summed E-state index contributed by atoms with van der Waals surface area (Å²) in [6.07, 6.45) is 0.559. The van der Waals surface area contributed by atoms with E-state index in [1.165, 1.54) is 11.1 Å². The number of rotatable bonds is 5. The highest BCUT2D eigenvalue weighted by Gasteiger charge is 2.33. The third-order valence-corrected chi connectivity index (χ3v) is 4.77. The van der Waals surface area contributed by atoms with Gasteiger partial charge >= 0.3 is 0 Å². The van der Waals surface area contributed by atoms with Gasteiger partial charge in [-0.1, -0.05) is 29.8 Å². The van der Waals surface area contributed by atoms with Gasteiger partial charge in [0.1, 0.15) is 0 Å². The first-order valence-electron chi connectivity index (χ1n) is 9.21. The molecule has 1 aliphatic rings. The van der Waals surface area contributed by atoms with E-state index in [2.05, 4.69) is 79.4 Å². The molecule has 1 aliphatic heterocycles. The minimum atomic E-state index is 0.0355. The lowest BCUT2D eigenvalue weighted by Gasteiger charge is -2.45. The summed E-state index contributed by atoms with van der Waals surface area (Å²) in [4.78, 5) is 6.86. The maximum Gasteiger partial charge on any atom is 0.191 e. The van der Waals surface area contributed by atoms with E-state index in [0.29, 0.717) is 0 Å². The van der Waals surface area contributed by atoms with E-state index in [1.807, 2.05) is 7.05 Å². The second-order valence-corrected chi connectivity index (χ2v) is 7.74. The number of ether oxygens (including phenoxy) is 1. The number of morpholine rings is 1. The molecular formula is C20H34N4O. The Morgan fingerprint density at radius 2 is 1.76 bits per heavy atom. The van der Waals surface area contributed by atoms with Crippen LogP contribution in [0, 0.1) is 6.92 Å². The molecule has 1 saturated heterocycles. The van der Waals surface area contributed by atoms with Crippen LogP contribution in [0.15, 0.2) is 29.3 Å². The molecule has 1 aromatic rings. The van der Waals surface area contributed by atoms with Crippen LogP contribution in [0.3, 0.4) is 0 Å². The third-order valence-electron chi connectivity index (χ3n) is 4.77. The highest BCUT2D eigenvalue weighted by Crippen LogP contribution is 2.20. The van der Waals surface area contributed by atoms with Crippen LogP contribution in [0.4, 0.5) is 0 Å². The summed E-state index contributed by atoms with van der Waals surface area (Å²) in [7, 11) is 1.82. The van der Waals surface area contributed by atoms with E-state index >= 15 is 0 Å². The predicted octanol–water partition coefficient (Wildman–Crippen LogP) is 2.55. The number of hydrogen-bond acceptors (Lipinski definition) is 3. The highest BCUT2D eigenvalue weighted by atomic mass is 16.5. The molecule has 0 radical (unpaired) electrons. The van der Waals surface area contributed by atoms with Gasteiger partial charge in [0, 0.05) is 38.8 Å². The zero-order valence-corrected chi connectivity index (χ0v) is 16.6. The van der Waals surface area contributed by atoms with Crippen molar-refractivity contribution in [2.24, 2.45) is 4.99 Å². The molecule has 1 aromatic carbocycles. The quantitative estimate of drug-likeness (QED) is 0.635. The average molecular weight is 347 g/mol. The second-order valence-electron chi connectivity index (χ2n) is 7.74. The lowest BCUT2D eigenvalue weighted by Crippen LogP contribution is -2.59. The van der Waals surface area contributed by atoms with Crippen molar-refractivity contribution in [2.45, 2.75) is 58.9 Å². The van der Waals surface area contributed by atoms with Gasteiger partial charge in [-0.25, -0.2) is 0 Å². The number of nitrogens with one attached hydrogen (secondary N) is 2. The van der Waals surface area contributed by atoms with Crippen molar-refractivity contribution in [3.63, 3.8) is 0 Å². The molecule has 2 rings (SSSR count). The van der Waals surface area contributed by atoms with Crippen molar-refractivity contribution >= 4 is 5.96 Å². The number of benzene rings is 1. The third kappa shape index (κ3) is 6.01. The normalized spacial score (nSPS) is 22.7. The van der Waals surface area contributed by atoms with Crippen LogP contribution in [0.25, 0.3) is 0 Å². The summed E-state index contributed by atoms with van der Waals surface area (Å²) in [6.45, 7) is 14.5. The molecule has 1 fully saturated rings. The number of hydrogen-bond donors (Lipinski definition) is 2. The van der Waals surface area contributed by atoms with Crippen LogP contribution in [0.2, 0.25) is 0 Å². The second kappa shape index (κ2) is 8.68. The van der Waals surface area contributed by atoms with Crippen LogP contribution >= 0.6 is 0 Å². The standard InChI is InChI=1S/C20H34N4O/c1-15-7-9-18(10-8-15)11-22-19(21-6)23-14-20(4,5)24-12-16(2)25-17(3)13-24/h7-10,16-17H,11-14H2,1-6H3,(H2,21,22,23). The van der Waals surface area contributed by atoms with Crippen molar-refractivity contribution < 1.29 is 4.74 Å². The fourth-order valence-electron chi connectivity index (χ4n) is 3.20. The molecule has 25 heavy (non-hydrogen) atoms. The Morgan fingerprint density at radius 1 is 1.16 bits per heavy atom. The van der Waals surface area contributed by atoms with Gasteiger partial charge in [0.25, 0.3) is 0 Å². The Bertz CT molecular complexity index is 558. The van der Waals surface area contributed by atoms with Crippen LogP contribution in [0.5, 0.6) is 0 Å². The Morgan fingerprint density at radius 3 is 2.32 bits per heavy atom. The van der Waals surface area contributed by atoms with Crippen molar-refractivity contribution in [3.05, 3.63) is 35.4 Å². The van der Waals surface area contributed by atoms with E-state index in [0.717, 1.165) is 32.1 Å². The maximum atomic E-state index is 5.86. The molecule has 0 bridgehead atoms. The van der Waals surface area contributed by atoms with Gasteiger partial charge in [0.15, 0.2) is 5.96 Å². The molecule has 0 saturated carbocycles. The summed E-state index contributed by atoms with van der Waals surface area (Å²) < 4.78 is 5.86. The largest absolute Gasteiger partial charge is 0.373 e. The molecule has 1 heterocycles. The van der Waals surface area contributed by atoms with Gasteiger partial charge in [0.2, 0.25) is 0 Å². The highest BCUT2D eigenvalue weighted by molar-refractivity contribution is 5.79. The van der Waals surface area contributed by atoms with Gasteiger partial charge in [-0.05, 0) is 40.2 Å². The number of aryl methyl sites for hydroxylation is 1. The summed E-state index contributed by atoms with van der Waals surface area (Å²) >= 11 is 0. The minimum Gasteiger partial charge on any atom is -0.373 e. The topological polar surface area (TPSA) is 48.9 Å². The maximum absolute atomic E-state index is 5.86. The first kappa shape index (κ1) is 19.7. The Hall–Kier alpha value is -1.59. The molecule has 5 heteroatoms. The van der Waals surface area contributed by atoms with Gasteiger partial charge < -0.3 is 15.4 Å². The molecular weight excluding hydrogens is 312 g/mol. The molecule has 0 aliphatic carbocycles. The van der Waals surface area contributed by atoms with Gasteiger partial charge in [-0.3, -0.25) is 9.89 Å². The summed E-state index contributed by atoms with van der Waals surface area (Å²) in [6, 6.07) is 8.57. The van der Waals surface area contributed by atoms with E-state index < -0.39 is 0 Å². The molecule has 2 N–H and O–H groups in total. The number of guanidine groups is 1. The van der Waals surface area contributed by atoms with Crippen LogP contribution < -0.4 is 10.6 Å². The average Bonchev–Trinajstić information content (AvgIpc) is 2.55. The van der Waals surface area contributed by atoms with E-state index in [1.54, 1.807) is 0 Å². The molecule has 0 aromatic heterocycles. The van der Waals surface area contributed by atoms with Crippen LogP contribution in [-0.4, -0.2) is 55.3 Å². The molecule has 0 spiro atoms. The van der Waals surface area contributed by atoms with Gasteiger partial charge in [-0.15, -0.1) is 0 Å². The SMILES string of the molecule is CN=C(NCc1ccc(C)cc1)NCC(C)(C)N1CC(C)OC(C)C1. The van der Waals surface area contributed by atoms with Crippen molar-refractivity contribution in [2.75, 3.05) is 26.7 Å². The molecule has 0 amide bonds. The minimum absolute atomic E-state index is 0.0355. The lowest BCUT2D eigenvalue weighted by molar-refractivity contribution is -0.0946. The fraction of sp³-hybridized carbons (Fsp3) is 0.650. The number of aliphatic imine (C=N–C) groups is 1. The van der Waals surface area contributed by atoms with Crippen molar-refractivity contribution in [1.29, 1.82) is 0 Å². The van der Waals surface area contributed by atoms with Crippen LogP contribution in [0.1, 0.15) is 38.8 Å². The van der Waals surface area contributed by atoms with Gasteiger partial charge in [-0.2, -0.15) is 0 Å². The predicted molar refractivity (Wildman–Crippen MR) is 105 cm³/mol. The zero-order valence-electron chi connectivity index (χ0n) is 16.6. The lowest BCUT2D eigenvalue weighted by atomic mass is 10.00. The first-order chi connectivity index (χ1) is 11.8. The van der Waals surface area contributed by atoms with E-state index in [-0.39, 0.29) is 17.7 Å². The molecule has 5 nitrogen and oxygen atoms in total. The summed E-state index contributed by atoms with van der Waals surface area (Å²) in [5.74, 6) is 0.836. The Labute approximate surface area is 152 Å². The Balaban J connectivity index is 1.85. The first-order valence-corrected chi connectivity index (χ1v) is 9.21. The van der Waals surface area contributed by atoms with Gasteiger partial charge in [0.05, 0.1) is 12.2 Å². The zero-order chi connectivity index (χ0) is 18.4.